The summed E-state index contributed by atoms with van der Waals surface area (Å²) in [4.78, 5) is 12.8. The summed E-state index contributed by atoms with van der Waals surface area (Å²) in [6, 6.07) is 13.0. The first-order valence-electron chi connectivity index (χ1n) is 5.70. The number of nitriles is 1. The van der Waals surface area contributed by atoms with Crippen molar-refractivity contribution in [1.82, 2.24) is 0 Å². The molecular formula is C15H10FNO2S. The Labute approximate surface area is 120 Å². The van der Waals surface area contributed by atoms with Crippen LogP contribution in [-0.4, -0.2) is 13.1 Å². The van der Waals surface area contributed by atoms with Gasteiger partial charge in [-0.3, -0.25) is 0 Å². The standard InChI is InChI=1S/C15H10FNO2S/c1-19-15(18)10-2-5-12(6-3-10)20-13-7-4-11(9-17)14(16)8-13/h2-8H,1H3. The van der Waals surface area contributed by atoms with E-state index in [0.29, 0.717) is 10.5 Å². The van der Waals surface area contributed by atoms with Crippen molar-refractivity contribution in [3.8, 4) is 6.07 Å². The third-order valence-electron chi connectivity index (χ3n) is 2.57. The zero-order chi connectivity index (χ0) is 14.5. The summed E-state index contributed by atoms with van der Waals surface area (Å²) in [7, 11) is 1.32. The van der Waals surface area contributed by atoms with Gasteiger partial charge in [0.05, 0.1) is 18.2 Å². The molecule has 0 aliphatic heterocycles. The van der Waals surface area contributed by atoms with Crippen molar-refractivity contribution in [2.45, 2.75) is 9.79 Å². The Bertz CT molecular complexity index is 677. The summed E-state index contributed by atoms with van der Waals surface area (Å²) >= 11 is 1.35. The van der Waals surface area contributed by atoms with Gasteiger partial charge in [-0.1, -0.05) is 11.8 Å². The molecule has 0 N–H and O–H groups in total. The van der Waals surface area contributed by atoms with Gasteiger partial charge < -0.3 is 4.74 Å². The molecule has 0 bridgehead atoms. The van der Waals surface area contributed by atoms with Crippen LogP contribution < -0.4 is 0 Å². The van der Waals surface area contributed by atoms with Crippen LogP contribution in [0.1, 0.15) is 15.9 Å². The normalized spacial score (nSPS) is 9.85. The summed E-state index contributed by atoms with van der Waals surface area (Å²) in [5.74, 6) is -0.936. The van der Waals surface area contributed by atoms with Crippen molar-refractivity contribution >= 4 is 17.7 Å². The minimum atomic E-state index is -0.538. The van der Waals surface area contributed by atoms with Crippen LogP contribution in [0.15, 0.2) is 52.3 Å². The number of nitrogens with zero attached hydrogens (tertiary/aromatic N) is 1. The van der Waals surface area contributed by atoms with Crippen LogP contribution in [0.25, 0.3) is 0 Å². The molecule has 0 amide bonds. The number of ether oxygens (including phenoxy) is 1. The quantitative estimate of drug-likeness (QED) is 0.809. The Morgan fingerprint density at radius 3 is 2.40 bits per heavy atom. The fourth-order valence-corrected chi connectivity index (χ4v) is 2.41. The van der Waals surface area contributed by atoms with Crippen molar-refractivity contribution in [2.24, 2.45) is 0 Å². The zero-order valence-corrected chi connectivity index (χ0v) is 11.4. The van der Waals surface area contributed by atoms with Gasteiger partial charge in [0, 0.05) is 9.79 Å². The van der Waals surface area contributed by atoms with Crippen LogP contribution in [0.5, 0.6) is 0 Å². The van der Waals surface area contributed by atoms with Crippen molar-refractivity contribution in [1.29, 1.82) is 5.26 Å². The van der Waals surface area contributed by atoms with Crippen molar-refractivity contribution in [3.63, 3.8) is 0 Å². The molecule has 0 saturated heterocycles. The van der Waals surface area contributed by atoms with Crippen molar-refractivity contribution in [3.05, 3.63) is 59.4 Å². The highest BCUT2D eigenvalue weighted by Gasteiger charge is 2.07. The highest BCUT2D eigenvalue weighted by atomic mass is 32.2. The zero-order valence-electron chi connectivity index (χ0n) is 10.6. The van der Waals surface area contributed by atoms with E-state index in [1.54, 1.807) is 36.4 Å². The van der Waals surface area contributed by atoms with E-state index in [-0.39, 0.29) is 5.56 Å². The number of benzene rings is 2. The Kier molecular flexibility index (Phi) is 4.38. The van der Waals surface area contributed by atoms with E-state index in [4.69, 9.17) is 5.26 Å². The summed E-state index contributed by atoms with van der Waals surface area (Å²) in [5.41, 5.74) is 0.484. The largest absolute Gasteiger partial charge is 0.465 e. The molecule has 0 heterocycles. The lowest BCUT2D eigenvalue weighted by Gasteiger charge is -2.04. The van der Waals surface area contributed by atoms with Gasteiger partial charge in [0.2, 0.25) is 0 Å². The Morgan fingerprint density at radius 1 is 1.20 bits per heavy atom. The molecule has 0 spiro atoms. The maximum atomic E-state index is 13.5. The van der Waals surface area contributed by atoms with Crippen LogP contribution in [0.3, 0.4) is 0 Å². The van der Waals surface area contributed by atoms with Gasteiger partial charge in [-0.05, 0) is 42.5 Å². The first-order chi connectivity index (χ1) is 9.63. The number of halogens is 1. The van der Waals surface area contributed by atoms with E-state index < -0.39 is 11.8 Å². The molecule has 100 valence electrons. The summed E-state index contributed by atoms with van der Waals surface area (Å²) in [6.07, 6.45) is 0. The molecule has 0 aliphatic carbocycles. The lowest BCUT2D eigenvalue weighted by atomic mass is 10.2. The molecule has 2 rings (SSSR count). The molecule has 0 aromatic heterocycles. The molecule has 0 fully saturated rings. The number of hydrogen-bond donors (Lipinski definition) is 0. The number of hydrogen-bond acceptors (Lipinski definition) is 4. The molecule has 3 nitrogen and oxygen atoms in total. The van der Waals surface area contributed by atoms with E-state index in [1.807, 2.05) is 0 Å². The first-order valence-corrected chi connectivity index (χ1v) is 6.51. The van der Waals surface area contributed by atoms with Crippen LogP contribution >= 0.6 is 11.8 Å². The average Bonchev–Trinajstić information content (AvgIpc) is 2.47. The van der Waals surface area contributed by atoms with Gasteiger partial charge in [0.1, 0.15) is 11.9 Å². The van der Waals surface area contributed by atoms with Gasteiger partial charge in [-0.2, -0.15) is 5.26 Å². The summed E-state index contributed by atoms with van der Waals surface area (Å²) < 4.78 is 18.1. The smallest absolute Gasteiger partial charge is 0.337 e. The maximum Gasteiger partial charge on any atom is 0.337 e. The fourth-order valence-electron chi connectivity index (χ4n) is 1.56. The van der Waals surface area contributed by atoms with Gasteiger partial charge in [-0.25, -0.2) is 9.18 Å². The van der Waals surface area contributed by atoms with Crippen LogP contribution in [0, 0.1) is 17.1 Å². The second-order valence-electron chi connectivity index (χ2n) is 3.87. The molecule has 2 aromatic carbocycles. The number of methoxy groups -OCH3 is 1. The van der Waals surface area contributed by atoms with Gasteiger partial charge in [-0.15, -0.1) is 0 Å². The molecule has 20 heavy (non-hydrogen) atoms. The number of carbonyl (C=O) groups is 1. The highest BCUT2D eigenvalue weighted by Crippen LogP contribution is 2.29. The van der Waals surface area contributed by atoms with Gasteiger partial charge in [0.25, 0.3) is 0 Å². The number of esters is 1. The van der Waals surface area contributed by atoms with E-state index in [1.165, 1.54) is 31.0 Å². The predicted molar refractivity (Wildman–Crippen MR) is 73.0 cm³/mol. The predicted octanol–water partition coefficient (Wildman–Crippen LogP) is 3.64. The first kappa shape index (κ1) is 14.1. The van der Waals surface area contributed by atoms with Gasteiger partial charge >= 0.3 is 5.97 Å². The SMILES string of the molecule is COC(=O)c1ccc(Sc2ccc(C#N)c(F)c2)cc1. The van der Waals surface area contributed by atoms with Crippen molar-refractivity contribution in [2.75, 3.05) is 7.11 Å². The Morgan fingerprint density at radius 2 is 1.85 bits per heavy atom. The molecule has 0 aliphatic rings. The highest BCUT2D eigenvalue weighted by molar-refractivity contribution is 7.99. The maximum absolute atomic E-state index is 13.5. The second-order valence-corrected chi connectivity index (χ2v) is 5.02. The van der Waals surface area contributed by atoms with Crippen LogP contribution in [0.4, 0.5) is 4.39 Å². The Hall–Kier alpha value is -2.32. The van der Waals surface area contributed by atoms with Gasteiger partial charge in [0.15, 0.2) is 0 Å². The topological polar surface area (TPSA) is 50.1 Å². The summed E-state index contributed by atoms with van der Waals surface area (Å²) in [6.45, 7) is 0. The molecular weight excluding hydrogens is 277 g/mol. The minimum Gasteiger partial charge on any atom is -0.465 e. The number of carbonyl (C=O) groups excluding carboxylic acids is 1. The molecule has 0 saturated carbocycles. The third kappa shape index (κ3) is 3.16. The van der Waals surface area contributed by atoms with Crippen LogP contribution in [0.2, 0.25) is 0 Å². The molecule has 0 unspecified atom stereocenters. The average molecular weight is 287 g/mol. The minimum absolute atomic E-state index is 0.0235. The Balaban J connectivity index is 2.16. The van der Waals surface area contributed by atoms with Crippen LogP contribution in [-0.2, 0) is 4.74 Å². The summed E-state index contributed by atoms with van der Waals surface area (Å²) in [5, 5.41) is 8.66. The monoisotopic (exact) mass is 287 g/mol. The second kappa shape index (κ2) is 6.22. The van der Waals surface area contributed by atoms with E-state index >= 15 is 0 Å². The lowest BCUT2D eigenvalue weighted by molar-refractivity contribution is 0.0600. The molecule has 0 radical (unpaired) electrons. The van der Waals surface area contributed by atoms with E-state index in [2.05, 4.69) is 4.74 Å². The number of rotatable bonds is 3. The third-order valence-corrected chi connectivity index (χ3v) is 3.57. The molecule has 0 atom stereocenters. The lowest BCUT2D eigenvalue weighted by Crippen LogP contribution is -2.00. The van der Waals surface area contributed by atoms with E-state index in [0.717, 1.165) is 4.90 Å². The molecule has 5 heteroatoms. The van der Waals surface area contributed by atoms with Crippen molar-refractivity contribution < 1.29 is 13.9 Å². The molecule has 2 aromatic rings. The fraction of sp³-hybridized carbons (Fsp3) is 0.0667. The van der Waals surface area contributed by atoms with E-state index in [9.17, 15) is 9.18 Å².